The van der Waals surface area contributed by atoms with E-state index in [4.69, 9.17) is 14.0 Å². The molecule has 3 aromatic carbocycles. The normalized spacial score (nSPS) is 10.2. The topological polar surface area (TPSA) is 111 Å². The molecule has 4 aromatic rings. The fourth-order valence-electron chi connectivity index (χ4n) is 3.44. The van der Waals surface area contributed by atoms with Crippen LogP contribution >= 0.6 is 0 Å². The van der Waals surface area contributed by atoms with Gasteiger partial charge in [0.2, 0.25) is 0 Å². The van der Waals surface area contributed by atoms with Gasteiger partial charge < -0.3 is 19.1 Å². The summed E-state index contributed by atoms with van der Waals surface area (Å²) in [4.78, 5) is 23.4. The van der Waals surface area contributed by atoms with Crippen molar-refractivity contribution < 1.29 is 28.7 Å². The molecule has 0 saturated carbocycles. The number of nitrogens with one attached hydrogen (secondary N) is 1. The molecule has 8 nitrogen and oxygen atoms in total. The number of hydrogen-bond donors (Lipinski definition) is 2. The molecule has 0 radical (unpaired) electrons. The quantitative estimate of drug-likeness (QED) is 0.253. The van der Waals surface area contributed by atoms with Crippen molar-refractivity contribution in [2.24, 2.45) is 0 Å². The third-order valence-corrected chi connectivity index (χ3v) is 5.21. The van der Waals surface area contributed by atoms with Crippen molar-refractivity contribution in [2.45, 2.75) is 34.1 Å². The number of carboxylic acid groups (broad SMARTS) is 1. The number of carbonyl (C=O) groups is 2. The van der Waals surface area contributed by atoms with Crippen LogP contribution in [0.15, 0.2) is 77.3 Å². The minimum Gasteiger partial charge on any atom is -0.478 e. The van der Waals surface area contributed by atoms with E-state index in [-0.39, 0.29) is 11.3 Å². The Bertz CT molecular complexity index is 1330. The zero-order valence-electron chi connectivity index (χ0n) is 21.3. The molecule has 0 saturated heterocycles. The highest BCUT2D eigenvalue weighted by Crippen LogP contribution is 2.33. The summed E-state index contributed by atoms with van der Waals surface area (Å²) < 4.78 is 16.3. The Morgan fingerprint density at radius 2 is 1.51 bits per heavy atom. The van der Waals surface area contributed by atoms with Crippen LogP contribution in [0.4, 0.5) is 10.5 Å². The molecule has 0 fully saturated rings. The van der Waals surface area contributed by atoms with E-state index in [0.717, 1.165) is 23.1 Å². The van der Waals surface area contributed by atoms with E-state index >= 15 is 0 Å². The predicted molar refractivity (Wildman–Crippen MR) is 142 cm³/mol. The number of ether oxygens (including phenoxy) is 2. The number of hydrogen-bond acceptors (Lipinski definition) is 6. The molecule has 0 aliphatic carbocycles. The van der Waals surface area contributed by atoms with Crippen molar-refractivity contribution in [1.82, 2.24) is 5.16 Å². The molecule has 1 aromatic heterocycles. The lowest BCUT2D eigenvalue weighted by molar-refractivity contribution is 0.0694. The molecule has 8 heteroatoms. The van der Waals surface area contributed by atoms with Crippen molar-refractivity contribution in [2.75, 3.05) is 11.9 Å². The fourth-order valence-corrected chi connectivity index (χ4v) is 3.44. The summed E-state index contributed by atoms with van der Waals surface area (Å²) >= 11 is 0. The van der Waals surface area contributed by atoms with Crippen LogP contribution in [0.2, 0.25) is 0 Å². The molecule has 0 unspecified atom stereocenters. The van der Waals surface area contributed by atoms with Crippen LogP contribution in [0.5, 0.6) is 11.5 Å². The lowest BCUT2D eigenvalue weighted by Gasteiger charge is -2.10. The highest BCUT2D eigenvalue weighted by molar-refractivity contribution is 5.91. The summed E-state index contributed by atoms with van der Waals surface area (Å²) in [7, 11) is 0. The molecule has 1 heterocycles. The van der Waals surface area contributed by atoms with Crippen LogP contribution in [0, 0.1) is 6.92 Å². The Kier molecular flexibility index (Phi) is 9.43. The van der Waals surface area contributed by atoms with Crippen molar-refractivity contribution in [3.8, 4) is 33.9 Å². The maximum atomic E-state index is 12.0. The lowest BCUT2D eigenvalue weighted by Crippen LogP contribution is -2.14. The number of carboxylic acids is 1. The predicted octanol–water partition coefficient (Wildman–Crippen LogP) is 7.79. The monoisotopic (exact) mass is 502 g/mol. The van der Waals surface area contributed by atoms with E-state index < -0.39 is 12.1 Å². The first-order valence-electron chi connectivity index (χ1n) is 12.1. The first-order valence-corrected chi connectivity index (χ1v) is 12.1. The molecule has 4 rings (SSSR count). The minimum absolute atomic E-state index is 0.0994. The van der Waals surface area contributed by atoms with Crippen LogP contribution in [0.3, 0.4) is 0 Å². The molecule has 0 aliphatic rings. The van der Waals surface area contributed by atoms with Gasteiger partial charge >= 0.3 is 12.1 Å². The van der Waals surface area contributed by atoms with Crippen LogP contribution in [-0.4, -0.2) is 28.9 Å². The van der Waals surface area contributed by atoms with Gasteiger partial charge in [0.1, 0.15) is 28.4 Å². The zero-order valence-corrected chi connectivity index (χ0v) is 21.3. The second-order valence-corrected chi connectivity index (χ2v) is 7.74. The summed E-state index contributed by atoms with van der Waals surface area (Å²) in [6, 6.07) is 21.5. The second-order valence-electron chi connectivity index (χ2n) is 7.74. The summed E-state index contributed by atoms with van der Waals surface area (Å²) in [5.74, 6) is 0.211. The van der Waals surface area contributed by atoms with Crippen molar-refractivity contribution in [1.29, 1.82) is 0 Å². The van der Waals surface area contributed by atoms with E-state index in [1.807, 2.05) is 57.2 Å². The lowest BCUT2D eigenvalue weighted by atomic mass is 10.0. The molecule has 1 amide bonds. The number of anilines is 1. The highest BCUT2D eigenvalue weighted by atomic mass is 16.5. The Hall–Kier alpha value is -4.59. The summed E-state index contributed by atoms with van der Waals surface area (Å²) in [5, 5.41) is 16.0. The van der Waals surface area contributed by atoms with E-state index in [2.05, 4.69) is 10.5 Å². The van der Waals surface area contributed by atoms with Crippen molar-refractivity contribution in [3.05, 3.63) is 84.1 Å². The van der Waals surface area contributed by atoms with E-state index in [9.17, 15) is 14.7 Å². The molecule has 0 bridgehead atoms. The maximum absolute atomic E-state index is 12.0. The standard InChI is InChI=1S/C27H24N2O6.C2H6/c1-3-16-33-27(32)28-24-17(2)29-35-25(24)20-10-8-18(9-11-20)19-12-14-21(15-13-19)34-23-7-5-4-6-22(23)26(30)31;1-2/h4-15H,3,16H2,1-2H3,(H,28,32)(H,30,31);1-2H3. The number of aromatic carboxylic acids is 1. The van der Waals surface area contributed by atoms with Crippen molar-refractivity contribution in [3.63, 3.8) is 0 Å². The van der Waals surface area contributed by atoms with Crippen LogP contribution in [-0.2, 0) is 4.74 Å². The number of nitrogens with zero attached hydrogens (tertiary/aromatic N) is 1. The zero-order chi connectivity index (χ0) is 26.8. The van der Waals surface area contributed by atoms with E-state index in [1.54, 1.807) is 37.3 Å². The first-order chi connectivity index (χ1) is 18.0. The van der Waals surface area contributed by atoms with Crippen LogP contribution in [0.1, 0.15) is 43.2 Å². The molecule has 2 N–H and O–H groups in total. The van der Waals surface area contributed by atoms with Gasteiger partial charge in [0.15, 0.2) is 5.76 Å². The molecule has 37 heavy (non-hydrogen) atoms. The number of aromatic nitrogens is 1. The number of aryl methyl sites for hydroxylation is 1. The number of benzene rings is 3. The average Bonchev–Trinajstić information content (AvgIpc) is 3.29. The van der Waals surface area contributed by atoms with Crippen LogP contribution in [0.25, 0.3) is 22.5 Å². The molecular weight excluding hydrogens is 472 g/mol. The van der Waals surface area contributed by atoms with Gasteiger partial charge in [-0.05, 0) is 48.7 Å². The number of amides is 1. The Balaban J connectivity index is 0.00000186. The number of carbonyl (C=O) groups excluding carboxylic acids is 1. The number of rotatable bonds is 8. The number of para-hydroxylation sites is 1. The van der Waals surface area contributed by atoms with Gasteiger partial charge in [0, 0.05) is 5.56 Å². The van der Waals surface area contributed by atoms with E-state index in [1.165, 1.54) is 6.07 Å². The first kappa shape index (κ1) is 27.0. The van der Waals surface area contributed by atoms with Crippen LogP contribution < -0.4 is 10.1 Å². The molecule has 0 aliphatic heterocycles. The Labute approximate surface area is 215 Å². The van der Waals surface area contributed by atoms with Crippen molar-refractivity contribution >= 4 is 17.7 Å². The van der Waals surface area contributed by atoms with Gasteiger partial charge in [-0.15, -0.1) is 0 Å². The summed E-state index contributed by atoms with van der Waals surface area (Å²) in [5.41, 5.74) is 3.79. The van der Waals surface area contributed by atoms with Gasteiger partial charge in [0.25, 0.3) is 0 Å². The van der Waals surface area contributed by atoms with E-state index in [0.29, 0.717) is 29.5 Å². The SMILES string of the molecule is CC.CCCOC(=O)Nc1c(C)noc1-c1ccc(-c2ccc(Oc3ccccc3C(=O)O)cc2)cc1. The minimum atomic E-state index is -1.05. The fraction of sp³-hybridized carbons (Fsp3) is 0.207. The molecule has 0 spiro atoms. The molecule has 192 valence electrons. The third-order valence-electron chi connectivity index (χ3n) is 5.21. The largest absolute Gasteiger partial charge is 0.478 e. The van der Waals surface area contributed by atoms with Gasteiger partial charge in [0.05, 0.1) is 6.61 Å². The highest BCUT2D eigenvalue weighted by Gasteiger charge is 2.18. The van der Waals surface area contributed by atoms with Gasteiger partial charge in [-0.2, -0.15) is 0 Å². The third kappa shape index (κ3) is 6.76. The second kappa shape index (κ2) is 12.9. The van der Waals surface area contributed by atoms with Gasteiger partial charge in [-0.1, -0.05) is 74.5 Å². The Morgan fingerprint density at radius 3 is 2.14 bits per heavy atom. The van der Waals surface area contributed by atoms with Gasteiger partial charge in [-0.25, -0.2) is 9.59 Å². The smallest absolute Gasteiger partial charge is 0.411 e. The summed E-state index contributed by atoms with van der Waals surface area (Å²) in [6.07, 6.45) is 0.178. The molecular formula is C29H30N2O6. The Morgan fingerprint density at radius 1 is 0.919 bits per heavy atom. The maximum Gasteiger partial charge on any atom is 0.411 e. The molecule has 0 atom stereocenters. The van der Waals surface area contributed by atoms with Gasteiger partial charge in [-0.3, -0.25) is 5.32 Å². The summed E-state index contributed by atoms with van der Waals surface area (Å²) in [6.45, 7) is 8.00. The average molecular weight is 503 g/mol.